The second-order valence-electron chi connectivity index (χ2n) is 2.77. The first kappa shape index (κ1) is 9.57. The van der Waals surface area contributed by atoms with Crippen LogP contribution < -0.4 is 0 Å². The average Bonchev–Trinajstić information content (AvgIpc) is 1.63. The summed E-state index contributed by atoms with van der Waals surface area (Å²) in [6, 6.07) is 0. The second-order valence-corrected chi connectivity index (χ2v) is 10.2. The lowest BCUT2D eigenvalue weighted by Gasteiger charge is -2.23. The van der Waals surface area contributed by atoms with Crippen LogP contribution in [0.1, 0.15) is 0 Å². The summed E-state index contributed by atoms with van der Waals surface area (Å²) in [5, 5.41) is 0. The Bertz CT molecular complexity index is 83.9. The summed E-state index contributed by atoms with van der Waals surface area (Å²) in [4.78, 5) is 0. The van der Waals surface area contributed by atoms with E-state index in [0.717, 1.165) is 10.5 Å². The van der Waals surface area contributed by atoms with Gasteiger partial charge in [0.15, 0.2) is 9.04 Å². The monoisotopic (exact) mass is 180 g/mol. The maximum absolute atomic E-state index is 5.68. The Balaban J connectivity index is 3.58. The first-order valence-corrected chi connectivity index (χ1v) is 9.62. The van der Waals surface area contributed by atoms with Crippen molar-refractivity contribution < 1.29 is 8.23 Å². The molecule has 0 amide bonds. The van der Waals surface area contributed by atoms with Gasteiger partial charge in [-0.25, -0.2) is 0 Å². The van der Waals surface area contributed by atoms with Crippen LogP contribution in [0.3, 0.4) is 0 Å². The van der Waals surface area contributed by atoms with Crippen LogP contribution >= 0.6 is 0 Å². The van der Waals surface area contributed by atoms with Crippen LogP contribution in [0.25, 0.3) is 0 Å². The van der Waals surface area contributed by atoms with E-state index in [1.54, 1.807) is 0 Å². The summed E-state index contributed by atoms with van der Waals surface area (Å²) in [7, 11) is -1.66. The third-order valence-electron chi connectivity index (χ3n) is 1.01. The number of rotatable bonds is 3. The van der Waals surface area contributed by atoms with Crippen LogP contribution in [0, 0.1) is 0 Å². The minimum atomic E-state index is -1.62. The molecule has 0 atom stereocenters. The normalized spacial score (nSPS) is 13.0. The van der Waals surface area contributed by atoms with E-state index in [2.05, 4.69) is 26.2 Å². The van der Waals surface area contributed by atoms with Crippen molar-refractivity contribution in [2.24, 2.45) is 0 Å². The van der Waals surface area contributed by atoms with Gasteiger partial charge in [0, 0.05) is 0 Å². The highest BCUT2D eigenvalue weighted by atomic mass is 28.4. The largest absolute Gasteiger partial charge is 0.445 e. The molecule has 0 N–H and O–H groups in total. The summed E-state index contributed by atoms with van der Waals surface area (Å²) >= 11 is 0. The molecule has 56 valence electrons. The molecule has 2 nitrogen and oxygen atoms in total. The van der Waals surface area contributed by atoms with Crippen molar-refractivity contribution in [3.8, 4) is 0 Å². The molecular formula is C4H16O2Si3. The minimum Gasteiger partial charge on any atom is -0.445 e. The summed E-state index contributed by atoms with van der Waals surface area (Å²) in [6.07, 6.45) is 0. The number of hydrogen-bond donors (Lipinski definition) is 0. The van der Waals surface area contributed by atoms with Crippen LogP contribution in [0.2, 0.25) is 26.2 Å². The summed E-state index contributed by atoms with van der Waals surface area (Å²) < 4.78 is 11.0. The molecular weight excluding hydrogens is 164 g/mol. The van der Waals surface area contributed by atoms with E-state index in [4.69, 9.17) is 8.23 Å². The quantitative estimate of drug-likeness (QED) is 0.569. The van der Waals surface area contributed by atoms with Gasteiger partial charge < -0.3 is 8.23 Å². The zero-order valence-electron chi connectivity index (χ0n) is 6.89. The lowest BCUT2D eigenvalue weighted by atomic mass is 11.9. The predicted molar refractivity (Wildman–Crippen MR) is 48.5 cm³/mol. The van der Waals surface area contributed by atoms with Gasteiger partial charge in [0.05, 0.1) is 0 Å². The van der Waals surface area contributed by atoms with E-state index in [9.17, 15) is 0 Å². The molecule has 0 aliphatic rings. The van der Waals surface area contributed by atoms with Gasteiger partial charge in [-0.15, -0.1) is 0 Å². The Morgan fingerprint density at radius 3 is 1.89 bits per heavy atom. The van der Waals surface area contributed by atoms with E-state index < -0.39 is 17.6 Å². The molecule has 9 heavy (non-hydrogen) atoms. The molecule has 0 aliphatic heterocycles. The molecule has 0 rings (SSSR count). The predicted octanol–water partition coefficient (Wildman–Crippen LogP) is -0.0148. The Morgan fingerprint density at radius 1 is 1.33 bits per heavy atom. The first-order valence-electron chi connectivity index (χ1n) is 3.21. The Kier molecular flexibility index (Phi) is 3.90. The highest BCUT2D eigenvalue weighted by Gasteiger charge is 2.22. The van der Waals surface area contributed by atoms with Gasteiger partial charge in [-0.3, -0.25) is 0 Å². The van der Waals surface area contributed by atoms with Gasteiger partial charge in [0.2, 0.25) is 0 Å². The molecule has 0 unspecified atom stereocenters. The Hall–Kier alpha value is 0.571. The van der Waals surface area contributed by atoms with E-state index in [-0.39, 0.29) is 0 Å². The summed E-state index contributed by atoms with van der Waals surface area (Å²) in [5.74, 6) is 0. The van der Waals surface area contributed by atoms with Crippen molar-refractivity contribution in [1.82, 2.24) is 0 Å². The highest BCUT2D eigenvalue weighted by Crippen LogP contribution is 2.05. The molecule has 0 saturated carbocycles. The van der Waals surface area contributed by atoms with E-state index in [1.807, 2.05) is 0 Å². The van der Waals surface area contributed by atoms with E-state index in [1.165, 1.54) is 0 Å². The van der Waals surface area contributed by atoms with Gasteiger partial charge in [-0.1, -0.05) is 0 Å². The third kappa shape index (κ3) is 5.04. The molecule has 5 heteroatoms. The van der Waals surface area contributed by atoms with Gasteiger partial charge in [-0.05, 0) is 26.2 Å². The van der Waals surface area contributed by atoms with Crippen molar-refractivity contribution in [1.29, 1.82) is 0 Å². The smallest absolute Gasteiger partial charge is 0.310 e. The zero-order chi connectivity index (χ0) is 7.49. The molecule has 0 bridgehead atoms. The van der Waals surface area contributed by atoms with E-state index >= 15 is 0 Å². The van der Waals surface area contributed by atoms with Crippen LogP contribution in [0.4, 0.5) is 0 Å². The topological polar surface area (TPSA) is 18.5 Å². The maximum Gasteiger partial charge on any atom is 0.310 e. The Morgan fingerprint density at radius 2 is 1.78 bits per heavy atom. The minimum absolute atomic E-state index is 0.812. The van der Waals surface area contributed by atoms with Gasteiger partial charge in [0.25, 0.3) is 0 Å². The van der Waals surface area contributed by atoms with Gasteiger partial charge >= 0.3 is 8.56 Å². The molecule has 0 spiro atoms. The molecule has 0 heterocycles. The second kappa shape index (κ2) is 3.67. The fraction of sp³-hybridized carbons (Fsp3) is 1.00. The summed E-state index contributed by atoms with van der Waals surface area (Å²) in [5.41, 5.74) is 0. The van der Waals surface area contributed by atoms with Gasteiger partial charge in [0.1, 0.15) is 10.5 Å². The summed E-state index contributed by atoms with van der Waals surface area (Å²) in [6.45, 7) is 8.56. The first-order chi connectivity index (χ1) is 3.98. The molecule has 0 aromatic rings. The van der Waals surface area contributed by atoms with Crippen LogP contribution in [-0.4, -0.2) is 28.1 Å². The molecule has 0 aliphatic carbocycles. The lowest BCUT2D eigenvalue weighted by Crippen LogP contribution is -2.38. The maximum atomic E-state index is 5.68. The average molecular weight is 180 g/mol. The van der Waals surface area contributed by atoms with Crippen molar-refractivity contribution in [2.75, 3.05) is 0 Å². The van der Waals surface area contributed by atoms with Crippen molar-refractivity contribution in [3.63, 3.8) is 0 Å². The third-order valence-corrected chi connectivity index (χ3v) is 9.10. The SMILES string of the molecule is C[SiH](C)O[Si](C)(C)O[SiH3]. The highest BCUT2D eigenvalue weighted by molar-refractivity contribution is 6.74. The molecule has 0 saturated heterocycles. The van der Waals surface area contributed by atoms with Crippen molar-refractivity contribution in [2.45, 2.75) is 26.2 Å². The molecule has 0 radical (unpaired) electrons. The van der Waals surface area contributed by atoms with Crippen molar-refractivity contribution in [3.05, 3.63) is 0 Å². The molecule has 0 aromatic carbocycles. The van der Waals surface area contributed by atoms with E-state index in [0.29, 0.717) is 0 Å². The fourth-order valence-electron chi connectivity index (χ4n) is 0.616. The number of hydrogen-bond acceptors (Lipinski definition) is 2. The lowest BCUT2D eigenvalue weighted by molar-refractivity contribution is 0.429. The molecule has 0 fully saturated rings. The standard InChI is InChI=1S/C4H16O2Si3/c1-8(2)6-9(3,4)5-7/h8H,1-4,7H3. The molecule has 0 aromatic heterocycles. The van der Waals surface area contributed by atoms with Crippen LogP contribution in [0.15, 0.2) is 0 Å². The fourth-order valence-corrected chi connectivity index (χ4v) is 6.41. The van der Waals surface area contributed by atoms with Crippen molar-refractivity contribution >= 4 is 28.1 Å². The van der Waals surface area contributed by atoms with Gasteiger partial charge in [-0.2, -0.15) is 0 Å². The zero-order valence-corrected chi connectivity index (χ0v) is 11.0. The Labute approximate surface area is 63.1 Å². The van der Waals surface area contributed by atoms with Crippen LogP contribution in [0.5, 0.6) is 0 Å². The van der Waals surface area contributed by atoms with Crippen LogP contribution in [-0.2, 0) is 8.23 Å².